The van der Waals surface area contributed by atoms with Crippen molar-refractivity contribution in [1.82, 2.24) is 0 Å². The maximum atomic E-state index is 12.5. The average Bonchev–Trinajstić information content (AvgIpc) is 2.55. The SMILES string of the molecule is CCOc1ccc(Br)cc1C(=O)Nc1cccc(OCC(=O)O)c1. The summed E-state index contributed by atoms with van der Waals surface area (Å²) in [7, 11) is 0. The quantitative estimate of drug-likeness (QED) is 0.750. The molecule has 7 heteroatoms. The number of anilines is 1. The third-order valence-corrected chi connectivity index (χ3v) is 3.43. The van der Waals surface area contributed by atoms with E-state index in [9.17, 15) is 9.59 Å². The number of aliphatic carboxylic acids is 1. The highest BCUT2D eigenvalue weighted by molar-refractivity contribution is 9.10. The molecule has 1 amide bonds. The molecule has 2 N–H and O–H groups in total. The lowest BCUT2D eigenvalue weighted by atomic mass is 10.2. The van der Waals surface area contributed by atoms with Gasteiger partial charge in [-0.1, -0.05) is 22.0 Å². The van der Waals surface area contributed by atoms with Crippen LogP contribution in [-0.4, -0.2) is 30.2 Å². The Balaban J connectivity index is 2.16. The predicted octanol–water partition coefficient (Wildman–Crippen LogP) is 3.56. The van der Waals surface area contributed by atoms with Gasteiger partial charge in [-0.05, 0) is 37.3 Å². The smallest absolute Gasteiger partial charge is 0.341 e. The molecular weight excluding hydrogens is 378 g/mol. The van der Waals surface area contributed by atoms with Crippen LogP contribution in [0, 0.1) is 0 Å². The Labute approximate surface area is 147 Å². The molecule has 0 unspecified atom stereocenters. The number of carboxylic acids is 1. The summed E-state index contributed by atoms with van der Waals surface area (Å²) < 4.78 is 11.3. The van der Waals surface area contributed by atoms with E-state index in [0.717, 1.165) is 4.47 Å². The Kier molecular flexibility index (Phi) is 6.20. The van der Waals surface area contributed by atoms with E-state index in [-0.39, 0.29) is 5.91 Å². The van der Waals surface area contributed by atoms with Crippen LogP contribution in [0.4, 0.5) is 5.69 Å². The predicted molar refractivity (Wildman–Crippen MR) is 92.8 cm³/mol. The molecule has 0 bridgehead atoms. The van der Waals surface area contributed by atoms with Crippen molar-refractivity contribution in [1.29, 1.82) is 0 Å². The van der Waals surface area contributed by atoms with Gasteiger partial charge in [0.15, 0.2) is 6.61 Å². The van der Waals surface area contributed by atoms with Gasteiger partial charge in [0.05, 0.1) is 12.2 Å². The van der Waals surface area contributed by atoms with Gasteiger partial charge in [-0.2, -0.15) is 0 Å². The normalized spacial score (nSPS) is 10.1. The molecule has 0 aliphatic heterocycles. The van der Waals surface area contributed by atoms with Gasteiger partial charge in [-0.3, -0.25) is 4.79 Å². The molecule has 0 radical (unpaired) electrons. The number of carboxylic acid groups (broad SMARTS) is 1. The molecule has 24 heavy (non-hydrogen) atoms. The monoisotopic (exact) mass is 393 g/mol. The molecule has 0 saturated carbocycles. The highest BCUT2D eigenvalue weighted by Gasteiger charge is 2.14. The maximum absolute atomic E-state index is 12.5. The van der Waals surface area contributed by atoms with Gasteiger partial charge in [-0.25, -0.2) is 4.79 Å². The maximum Gasteiger partial charge on any atom is 0.341 e. The average molecular weight is 394 g/mol. The van der Waals surface area contributed by atoms with Crippen molar-refractivity contribution in [2.45, 2.75) is 6.92 Å². The van der Waals surface area contributed by atoms with Crippen LogP contribution < -0.4 is 14.8 Å². The van der Waals surface area contributed by atoms with Crippen molar-refractivity contribution >= 4 is 33.5 Å². The number of carbonyl (C=O) groups is 2. The lowest BCUT2D eigenvalue weighted by Crippen LogP contribution is -2.14. The fourth-order valence-corrected chi connectivity index (χ4v) is 2.33. The first kappa shape index (κ1) is 17.8. The number of rotatable bonds is 7. The fraction of sp³-hybridized carbons (Fsp3) is 0.176. The zero-order valence-corrected chi connectivity index (χ0v) is 14.5. The number of amides is 1. The van der Waals surface area contributed by atoms with Crippen LogP contribution in [0.1, 0.15) is 17.3 Å². The van der Waals surface area contributed by atoms with Crippen LogP contribution in [0.25, 0.3) is 0 Å². The highest BCUT2D eigenvalue weighted by atomic mass is 79.9. The van der Waals surface area contributed by atoms with Crippen LogP contribution in [0.15, 0.2) is 46.9 Å². The summed E-state index contributed by atoms with van der Waals surface area (Å²) in [6.45, 7) is 1.84. The number of benzene rings is 2. The minimum atomic E-state index is -1.07. The van der Waals surface area contributed by atoms with Crippen molar-refractivity contribution in [2.75, 3.05) is 18.5 Å². The zero-order chi connectivity index (χ0) is 17.5. The first-order chi connectivity index (χ1) is 11.5. The fourth-order valence-electron chi connectivity index (χ4n) is 1.97. The van der Waals surface area contributed by atoms with E-state index in [0.29, 0.717) is 29.4 Å². The lowest BCUT2D eigenvalue weighted by molar-refractivity contribution is -0.139. The topological polar surface area (TPSA) is 84.9 Å². The Morgan fingerprint density at radius 2 is 1.96 bits per heavy atom. The number of hydrogen-bond acceptors (Lipinski definition) is 4. The molecule has 0 spiro atoms. The van der Waals surface area contributed by atoms with Crippen LogP contribution in [-0.2, 0) is 4.79 Å². The minimum Gasteiger partial charge on any atom is -0.493 e. The van der Waals surface area contributed by atoms with Crippen molar-refractivity contribution in [3.63, 3.8) is 0 Å². The van der Waals surface area contributed by atoms with E-state index in [1.165, 1.54) is 0 Å². The number of halogens is 1. The van der Waals surface area contributed by atoms with E-state index in [4.69, 9.17) is 14.6 Å². The van der Waals surface area contributed by atoms with Crippen molar-refractivity contribution in [3.05, 3.63) is 52.5 Å². The zero-order valence-electron chi connectivity index (χ0n) is 12.9. The highest BCUT2D eigenvalue weighted by Crippen LogP contribution is 2.25. The van der Waals surface area contributed by atoms with Crippen molar-refractivity contribution in [3.8, 4) is 11.5 Å². The molecule has 0 atom stereocenters. The molecule has 2 rings (SSSR count). The van der Waals surface area contributed by atoms with Gasteiger partial charge in [0, 0.05) is 16.2 Å². The Bertz CT molecular complexity index is 748. The molecule has 0 aromatic heterocycles. The van der Waals surface area contributed by atoms with Gasteiger partial charge in [0.2, 0.25) is 0 Å². The molecule has 2 aromatic carbocycles. The second kappa shape index (κ2) is 8.35. The number of nitrogens with one attached hydrogen (secondary N) is 1. The van der Waals surface area contributed by atoms with E-state index in [1.807, 2.05) is 6.92 Å². The molecule has 2 aromatic rings. The summed E-state index contributed by atoms with van der Waals surface area (Å²) in [6.07, 6.45) is 0. The second-order valence-corrected chi connectivity index (χ2v) is 5.65. The molecule has 126 valence electrons. The minimum absolute atomic E-state index is 0.338. The molecule has 0 aliphatic carbocycles. The molecule has 0 heterocycles. The van der Waals surface area contributed by atoms with Crippen molar-refractivity contribution in [2.24, 2.45) is 0 Å². The lowest BCUT2D eigenvalue weighted by Gasteiger charge is -2.12. The summed E-state index contributed by atoms with van der Waals surface area (Å²) in [5.74, 6) is -0.568. The van der Waals surface area contributed by atoms with E-state index in [2.05, 4.69) is 21.2 Å². The summed E-state index contributed by atoms with van der Waals surface area (Å²) in [4.78, 5) is 23.0. The first-order valence-corrected chi connectivity index (χ1v) is 7.97. The molecule has 0 saturated heterocycles. The van der Waals surface area contributed by atoms with Gasteiger partial charge in [-0.15, -0.1) is 0 Å². The Hall–Kier alpha value is -2.54. The molecule has 6 nitrogen and oxygen atoms in total. The second-order valence-electron chi connectivity index (χ2n) is 4.74. The largest absolute Gasteiger partial charge is 0.493 e. The number of hydrogen-bond donors (Lipinski definition) is 2. The Morgan fingerprint density at radius 1 is 1.17 bits per heavy atom. The van der Waals surface area contributed by atoms with Crippen LogP contribution in [0.5, 0.6) is 11.5 Å². The van der Waals surface area contributed by atoms with Crippen LogP contribution >= 0.6 is 15.9 Å². The summed E-state index contributed by atoms with van der Waals surface area (Å²) in [5, 5.41) is 11.4. The van der Waals surface area contributed by atoms with E-state index in [1.54, 1.807) is 42.5 Å². The molecular formula is C17H16BrNO5. The molecule has 0 fully saturated rings. The van der Waals surface area contributed by atoms with Crippen molar-refractivity contribution < 1.29 is 24.2 Å². The summed E-state index contributed by atoms with van der Waals surface area (Å²) in [5.41, 5.74) is 0.883. The Morgan fingerprint density at radius 3 is 2.67 bits per heavy atom. The van der Waals surface area contributed by atoms with E-state index >= 15 is 0 Å². The third kappa shape index (κ3) is 4.99. The van der Waals surface area contributed by atoms with Gasteiger partial charge >= 0.3 is 5.97 Å². The number of carbonyl (C=O) groups excluding carboxylic acids is 1. The van der Waals surface area contributed by atoms with Gasteiger partial charge in [0.1, 0.15) is 11.5 Å². The van der Waals surface area contributed by atoms with E-state index < -0.39 is 12.6 Å². The van der Waals surface area contributed by atoms with Crippen LogP contribution in [0.2, 0.25) is 0 Å². The van der Waals surface area contributed by atoms with Gasteiger partial charge < -0.3 is 19.9 Å². The van der Waals surface area contributed by atoms with Crippen LogP contribution in [0.3, 0.4) is 0 Å². The first-order valence-electron chi connectivity index (χ1n) is 7.18. The summed E-state index contributed by atoms with van der Waals surface area (Å²) >= 11 is 3.34. The number of ether oxygens (including phenoxy) is 2. The standard InChI is InChI=1S/C17H16BrNO5/c1-2-23-15-7-6-11(18)8-14(15)17(22)19-12-4-3-5-13(9-12)24-10-16(20)21/h3-9H,2,10H2,1H3,(H,19,22)(H,20,21). The van der Waals surface area contributed by atoms with Gasteiger partial charge in [0.25, 0.3) is 5.91 Å². The molecule has 0 aliphatic rings. The summed E-state index contributed by atoms with van der Waals surface area (Å²) in [6, 6.07) is 11.7. The third-order valence-electron chi connectivity index (χ3n) is 2.94.